The summed E-state index contributed by atoms with van der Waals surface area (Å²) in [7, 11) is 0. The summed E-state index contributed by atoms with van der Waals surface area (Å²) in [5, 5.41) is 17.3. The lowest BCUT2D eigenvalue weighted by molar-refractivity contribution is -0.149. The molecule has 0 spiro atoms. The number of hydrogen-bond acceptors (Lipinski definition) is 6. The molecule has 3 heterocycles. The minimum Gasteiger partial charge on any atom is -0.480 e. The number of carbonyl (C=O) groups excluding carboxylic acids is 3. The summed E-state index contributed by atoms with van der Waals surface area (Å²) < 4.78 is 0. The second-order valence-corrected chi connectivity index (χ2v) is 11.7. The number of carbonyl (C=O) groups is 4. The zero-order chi connectivity index (χ0) is 31.9. The number of nitrogens with zero attached hydrogens (tertiary/aromatic N) is 1. The Bertz CT molecular complexity index is 1660. The van der Waals surface area contributed by atoms with Gasteiger partial charge < -0.3 is 42.1 Å². The van der Waals surface area contributed by atoms with Gasteiger partial charge in [-0.25, -0.2) is 4.79 Å². The zero-order valence-electron chi connectivity index (χ0n) is 25.1. The fraction of sp³-hybridized carbons (Fsp3) is 0.394. The maximum absolute atomic E-state index is 13.9. The van der Waals surface area contributed by atoms with E-state index in [0.717, 1.165) is 32.9 Å². The number of nitrogens with one attached hydrogen (secondary N) is 4. The largest absolute Gasteiger partial charge is 0.480 e. The van der Waals surface area contributed by atoms with Crippen molar-refractivity contribution in [3.05, 3.63) is 72.1 Å². The number of aromatic nitrogens is 2. The number of hydrogen-bond donors (Lipinski definition) is 7. The van der Waals surface area contributed by atoms with Crippen molar-refractivity contribution in [2.75, 3.05) is 13.1 Å². The van der Waals surface area contributed by atoms with E-state index in [1.165, 1.54) is 4.90 Å². The van der Waals surface area contributed by atoms with Gasteiger partial charge in [-0.05, 0) is 68.3 Å². The molecule has 1 fully saturated rings. The van der Waals surface area contributed by atoms with E-state index in [9.17, 15) is 24.3 Å². The first-order valence-electron chi connectivity index (χ1n) is 15.5. The van der Waals surface area contributed by atoms with E-state index < -0.39 is 47.9 Å². The lowest BCUT2D eigenvalue weighted by atomic mass is 10.0. The van der Waals surface area contributed by atoms with Crippen LogP contribution in [0.25, 0.3) is 21.8 Å². The summed E-state index contributed by atoms with van der Waals surface area (Å²) in [6, 6.07) is 11.5. The third-order valence-electron chi connectivity index (χ3n) is 8.57. The van der Waals surface area contributed by atoms with Gasteiger partial charge in [-0.1, -0.05) is 36.4 Å². The Morgan fingerprint density at radius 1 is 0.867 bits per heavy atom. The molecule has 1 saturated heterocycles. The van der Waals surface area contributed by atoms with Crippen LogP contribution >= 0.6 is 0 Å². The lowest BCUT2D eigenvalue weighted by Gasteiger charge is -2.29. The van der Waals surface area contributed by atoms with Crippen molar-refractivity contribution < 1.29 is 24.3 Å². The Morgan fingerprint density at radius 2 is 1.47 bits per heavy atom. The number of unbranched alkanes of at least 4 members (excludes halogenated alkanes) is 1. The van der Waals surface area contributed by atoms with Crippen molar-refractivity contribution in [2.24, 2.45) is 11.5 Å². The van der Waals surface area contributed by atoms with Crippen LogP contribution < -0.4 is 22.1 Å². The molecule has 2 aromatic carbocycles. The van der Waals surface area contributed by atoms with Crippen LogP contribution in [0.4, 0.5) is 0 Å². The van der Waals surface area contributed by atoms with Crippen molar-refractivity contribution in [1.29, 1.82) is 0 Å². The van der Waals surface area contributed by atoms with Gasteiger partial charge in [0.15, 0.2) is 0 Å². The van der Waals surface area contributed by atoms with Crippen LogP contribution in [0.3, 0.4) is 0 Å². The summed E-state index contributed by atoms with van der Waals surface area (Å²) >= 11 is 0. The van der Waals surface area contributed by atoms with Gasteiger partial charge in [0, 0.05) is 47.2 Å². The summed E-state index contributed by atoms with van der Waals surface area (Å²) in [5.74, 6) is -2.57. The molecule has 12 nitrogen and oxygen atoms in total. The Labute approximate surface area is 260 Å². The number of nitrogens with two attached hydrogens (primary N) is 2. The van der Waals surface area contributed by atoms with Gasteiger partial charge in [0.2, 0.25) is 17.7 Å². The second kappa shape index (κ2) is 14.4. The minimum absolute atomic E-state index is 0.140. The summed E-state index contributed by atoms with van der Waals surface area (Å²) in [5.41, 5.74) is 15.5. The van der Waals surface area contributed by atoms with E-state index in [-0.39, 0.29) is 19.4 Å². The van der Waals surface area contributed by atoms with Gasteiger partial charge in [0.1, 0.15) is 18.1 Å². The Balaban J connectivity index is 1.34. The number of likely N-dealkylation sites (tertiary alicyclic amines) is 1. The predicted molar refractivity (Wildman–Crippen MR) is 171 cm³/mol. The Kier molecular flexibility index (Phi) is 10.2. The van der Waals surface area contributed by atoms with Crippen LogP contribution in [-0.2, 0) is 32.0 Å². The number of para-hydroxylation sites is 2. The lowest BCUT2D eigenvalue weighted by Crippen LogP contribution is -2.57. The third kappa shape index (κ3) is 7.35. The molecule has 238 valence electrons. The quantitative estimate of drug-likeness (QED) is 0.105. The molecule has 0 radical (unpaired) electrons. The first-order chi connectivity index (χ1) is 21.8. The number of H-pyrrole nitrogens is 2. The number of benzene rings is 2. The molecule has 5 rings (SSSR count). The van der Waals surface area contributed by atoms with E-state index in [2.05, 4.69) is 20.6 Å². The van der Waals surface area contributed by atoms with E-state index in [1.807, 2.05) is 54.7 Å². The van der Waals surface area contributed by atoms with Gasteiger partial charge >= 0.3 is 5.97 Å². The SMILES string of the molecule is NCCCCC(NC(=O)C(N)Cc1c[nH]c2ccccc12)C(=O)NC(Cc1c[nH]c2ccccc12)C(=O)N1CCCC1C(=O)O. The highest BCUT2D eigenvalue weighted by Gasteiger charge is 2.38. The van der Waals surface area contributed by atoms with Crippen molar-refractivity contribution in [3.63, 3.8) is 0 Å². The van der Waals surface area contributed by atoms with E-state index in [4.69, 9.17) is 11.5 Å². The molecule has 0 aliphatic carbocycles. The first kappa shape index (κ1) is 31.7. The summed E-state index contributed by atoms with van der Waals surface area (Å²) in [6.07, 6.45) is 6.44. The number of carboxylic acids is 1. The molecule has 0 saturated carbocycles. The Hall–Kier alpha value is -4.68. The topological polar surface area (TPSA) is 199 Å². The number of carboxylic acid groups (broad SMARTS) is 1. The van der Waals surface area contributed by atoms with Gasteiger partial charge in [-0.3, -0.25) is 14.4 Å². The smallest absolute Gasteiger partial charge is 0.326 e. The van der Waals surface area contributed by atoms with Gasteiger partial charge in [0.05, 0.1) is 6.04 Å². The van der Waals surface area contributed by atoms with Crippen molar-refractivity contribution >= 4 is 45.5 Å². The highest BCUT2D eigenvalue weighted by Crippen LogP contribution is 2.23. The highest BCUT2D eigenvalue weighted by molar-refractivity contribution is 5.95. The minimum atomic E-state index is -1.07. The summed E-state index contributed by atoms with van der Waals surface area (Å²) in [4.78, 5) is 60.6. The molecule has 2 aromatic heterocycles. The fourth-order valence-electron chi connectivity index (χ4n) is 6.15. The molecular weight excluding hydrogens is 574 g/mol. The van der Waals surface area contributed by atoms with E-state index >= 15 is 0 Å². The van der Waals surface area contributed by atoms with Crippen LogP contribution in [0.15, 0.2) is 60.9 Å². The van der Waals surface area contributed by atoms with Crippen LogP contribution in [0.2, 0.25) is 0 Å². The molecule has 3 amide bonds. The number of rotatable bonds is 14. The van der Waals surface area contributed by atoms with Crippen LogP contribution in [0.5, 0.6) is 0 Å². The average molecular weight is 616 g/mol. The van der Waals surface area contributed by atoms with Crippen molar-refractivity contribution in [2.45, 2.75) is 69.1 Å². The first-order valence-corrected chi connectivity index (χ1v) is 15.5. The summed E-state index contributed by atoms with van der Waals surface area (Å²) in [6.45, 7) is 0.713. The van der Waals surface area contributed by atoms with Crippen molar-refractivity contribution in [3.8, 4) is 0 Å². The molecule has 4 aromatic rings. The zero-order valence-corrected chi connectivity index (χ0v) is 25.1. The maximum Gasteiger partial charge on any atom is 0.326 e. The molecule has 0 bridgehead atoms. The van der Waals surface area contributed by atoms with E-state index in [0.29, 0.717) is 38.6 Å². The number of amides is 3. The molecule has 1 aliphatic rings. The molecule has 9 N–H and O–H groups in total. The maximum atomic E-state index is 13.9. The molecule has 1 aliphatic heterocycles. The third-order valence-corrected chi connectivity index (χ3v) is 8.57. The highest BCUT2D eigenvalue weighted by atomic mass is 16.4. The molecular formula is C33H41N7O5. The average Bonchev–Trinajstić information content (AvgIpc) is 3.79. The van der Waals surface area contributed by atoms with Crippen LogP contribution in [0, 0.1) is 0 Å². The number of aromatic amines is 2. The molecule has 45 heavy (non-hydrogen) atoms. The van der Waals surface area contributed by atoms with Gasteiger partial charge in [0.25, 0.3) is 0 Å². The fourth-order valence-corrected chi connectivity index (χ4v) is 6.15. The number of fused-ring (bicyclic) bond motifs is 2. The Morgan fingerprint density at radius 3 is 2.09 bits per heavy atom. The van der Waals surface area contributed by atoms with Gasteiger partial charge in [-0.2, -0.15) is 0 Å². The standard InChI is InChI=1S/C33H41N7O5/c34-14-6-5-12-27(38-30(41)24(35)16-20-18-36-25-10-3-1-8-22(20)25)31(42)39-28(32(43)40-15-7-13-29(40)33(44)45)17-21-19-37-26-11-4-2-9-23(21)26/h1-4,8-11,18-19,24,27-29,36-37H,5-7,12-17,34-35H2,(H,38,41)(H,39,42)(H,44,45). The predicted octanol–water partition coefficient (Wildman–Crippen LogP) is 1.94. The second-order valence-electron chi connectivity index (χ2n) is 11.7. The monoisotopic (exact) mass is 615 g/mol. The molecule has 4 atom stereocenters. The van der Waals surface area contributed by atoms with Crippen LogP contribution in [0.1, 0.15) is 43.2 Å². The van der Waals surface area contributed by atoms with Crippen molar-refractivity contribution in [1.82, 2.24) is 25.5 Å². The van der Waals surface area contributed by atoms with Gasteiger partial charge in [-0.15, -0.1) is 0 Å². The molecule has 12 heteroatoms. The van der Waals surface area contributed by atoms with E-state index in [1.54, 1.807) is 6.20 Å². The van der Waals surface area contributed by atoms with Crippen LogP contribution in [-0.4, -0.2) is 80.9 Å². The number of aliphatic carboxylic acids is 1. The normalized spacial score (nSPS) is 16.8. The molecule has 4 unspecified atom stereocenters.